The Bertz CT molecular complexity index is 940. The maximum absolute atomic E-state index is 11.4. The fraction of sp³-hybridized carbons (Fsp3) is 0.0588. The summed E-state index contributed by atoms with van der Waals surface area (Å²) in [5, 5.41) is 14.1. The minimum atomic E-state index is -4.10. The first-order chi connectivity index (χ1) is 11.8. The molecule has 2 aromatic carbocycles. The number of rotatable bonds is 5. The van der Waals surface area contributed by atoms with Gasteiger partial charge in [-0.1, -0.05) is 12.1 Å². The van der Waals surface area contributed by atoms with Gasteiger partial charge in [0.05, 0.1) is 24.3 Å². The van der Waals surface area contributed by atoms with Gasteiger partial charge in [-0.05, 0) is 53.6 Å². The lowest BCUT2D eigenvalue weighted by atomic mass is 10.0. The molecule has 0 aromatic heterocycles. The zero-order valence-corrected chi connectivity index (χ0v) is 14.0. The van der Waals surface area contributed by atoms with Crippen molar-refractivity contribution in [2.24, 2.45) is 5.14 Å². The summed E-state index contributed by atoms with van der Waals surface area (Å²) in [5.41, 5.74) is 2.05. The van der Waals surface area contributed by atoms with Crippen LogP contribution in [0.5, 0.6) is 5.75 Å². The van der Waals surface area contributed by atoms with Crippen molar-refractivity contribution in [3.63, 3.8) is 0 Å². The molecule has 0 aliphatic heterocycles. The Balaban J connectivity index is 2.25. The number of methoxy groups -OCH3 is 1. The molecule has 8 heteroatoms. The van der Waals surface area contributed by atoms with E-state index in [0.29, 0.717) is 22.3 Å². The van der Waals surface area contributed by atoms with Crippen LogP contribution in [0.25, 0.3) is 11.6 Å². The molecule has 0 amide bonds. The third-order valence-electron chi connectivity index (χ3n) is 3.14. The highest BCUT2D eigenvalue weighted by Gasteiger charge is 2.07. The van der Waals surface area contributed by atoms with Gasteiger partial charge < -0.3 is 8.92 Å². The first kappa shape index (κ1) is 18.2. The Kier molecular flexibility index (Phi) is 5.54. The van der Waals surface area contributed by atoms with Gasteiger partial charge in [0.15, 0.2) is 0 Å². The summed E-state index contributed by atoms with van der Waals surface area (Å²) in [7, 11) is -2.80. The zero-order chi connectivity index (χ0) is 18.4. The SMILES string of the molecule is COC(=O)c1ccc(/C=C(\C#N)c2ccc(OS(N)(=O)=O)cc2)cc1. The molecule has 0 radical (unpaired) electrons. The molecular formula is C17H14N2O5S. The van der Waals surface area contributed by atoms with Crippen molar-refractivity contribution >= 4 is 27.9 Å². The fourth-order valence-electron chi connectivity index (χ4n) is 2.00. The second kappa shape index (κ2) is 7.61. The number of ether oxygens (including phenoxy) is 1. The molecule has 0 fully saturated rings. The van der Waals surface area contributed by atoms with E-state index in [1.54, 1.807) is 42.5 Å². The molecule has 0 aliphatic carbocycles. The lowest BCUT2D eigenvalue weighted by molar-refractivity contribution is 0.0600. The van der Waals surface area contributed by atoms with Crippen LogP contribution in [-0.2, 0) is 15.0 Å². The number of nitriles is 1. The molecule has 128 valence electrons. The van der Waals surface area contributed by atoms with Crippen molar-refractivity contribution in [1.82, 2.24) is 0 Å². The van der Waals surface area contributed by atoms with Crippen LogP contribution in [0.3, 0.4) is 0 Å². The predicted molar refractivity (Wildman–Crippen MR) is 91.4 cm³/mol. The molecule has 0 unspecified atom stereocenters. The Hall–Kier alpha value is -3.15. The number of carbonyl (C=O) groups is 1. The first-order valence-corrected chi connectivity index (χ1v) is 8.42. The van der Waals surface area contributed by atoms with Crippen LogP contribution >= 0.6 is 0 Å². The summed E-state index contributed by atoms with van der Waals surface area (Å²) in [6.07, 6.45) is 1.64. The normalized spacial score (nSPS) is 11.5. The molecule has 0 bridgehead atoms. The molecule has 2 N–H and O–H groups in total. The quantitative estimate of drug-likeness (QED) is 0.497. The van der Waals surface area contributed by atoms with Gasteiger partial charge in [-0.15, -0.1) is 0 Å². The van der Waals surface area contributed by atoms with Crippen LogP contribution in [0.2, 0.25) is 0 Å². The van der Waals surface area contributed by atoms with Crippen molar-refractivity contribution in [2.75, 3.05) is 7.11 Å². The molecule has 0 atom stereocenters. The Morgan fingerprint density at radius 1 is 1.08 bits per heavy atom. The number of allylic oxidation sites excluding steroid dienone is 1. The molecule has 0 aliphatic rings. The lowest BCUT2D eigenvalue weighted by Gasteiger charge is -2.04. The average Bonchev–Trinajstić information content (AvgIpc) is 2.59. The predicted octanol–water partition coefficient (Wildman–Crippen LogP) is 2.12. The number of hydrogen-bond donors (Lipinski definition) is 1. The topological polar surface area (TPSA) is 119 Å². The molecular weight excluding hydrogens is 344 g/mol. The highest BCUT2D eigenvalue weighted by Crippen LogP contribution is 2.21. The molecule has 0 saturated carbocycles. The summed E-state index contributed by atoms with van der Waals surface area (Å²) in [6, 6.07) is 14.5. The standard InChI is InChI=1S/C17H14N2O5S/c1-23-17(20)14-4-2-12(3-5-14)10-15(11-18)13-6-8-16(9-7-13)24-25(19,21)22/h2-10H,1H3,(H2,19,21,22)/b15-10+. The summed E-state index contributed by atoms with van der Waals surface area (Å²) in [5.74, 6) is -0.396. The molecule has 0 heterocycles. The van der Waals surface area contributed by atoms with Crippen LogP contribution < -0.4 is 9.32 Å². The summed E-state index contributed by atoms with van der Waals surface area (Å²) in [6.45, 7) is 0. The van der Waals surface area contributed by atoms with Crippen LogP contribution in [0.4, 0.5) is 0 Å². The highest BCUT2D eigenvalue weighted by atomic mass is 32.2. The van der Waals surface area contributed by atoms with Gasteiger partial charge in [0, 0.05) is 0 Å². The fourth-order valence-corrected chi connectivity index (χ4v) is 2.38. The summed E-state index contributed by atoms with van der Waals surface area (Å²) in [4.78, 5) is 11.4. The van der Waals surface area contributed by atoms with Crippen molar-refractivity contribution < 1.29 is 22.1 Å². The van der Waals surface area contributed by atoms with Gasteiger partial charge in [0.1, 0.15) is 5.75 Å². The van der Waals surface area contributed by atoms with E-state index >= 15 is 0 Å². The van der Waals surface area contributed by atoms with Gasteiger partial charge in [-0.25, -0.2) is 4.79 Å². The number of esters is 1. The Morgan fingerprint density at radius 2 is 1.64 bits per heavy atom. The van der Waals surface area contributed by atoms with E-state index in [-0.39, 0.29) is 5.75 Å². The van der Waals surface area contributed by atoms with E-state index in [0.717, 1.165) is 0 Å². The van der Waals surface area contributed by atoms with Gasteiger partial charge in [0.25, 0.3) is 0 Å². The number of hydrogen-bond acceptors (Lipinski definition) is 6. The van der Waals surface area contributed by atoms with E-state index in [1.807, 2.05) is 0 Å². The van der Waals surface area contributed by atoms with Gasteiger partial charge in [0.2, 0.25) is 0 Å². The second-order valence-corrected chi connectivity index (χ2v) is 6.04. The van der Waals surface area contributed by atoms with Crippen LogP contribution in [0, 0.1) is 11.3 Å². The van der Waals surface area contributed by atoms with Gasteiger partial charge in [-0.2, -0.15) is 18.8 Å². The molecule has 0 saturated heterocycles. The van der Waals surface area contributed by atoms with E-state index < -0.39 is 16.3 Å². The largest absolute Gasteiger partial charge is 0.465 e. The maximum atomic E-state index is 11.4. The summed E-state index contributed by atoms with van der Waals surface area (Å²) < 4.78 is 30.9. The number of carbonyl (C=O) groups excluding carboxylic acids is 1. The van der Waals surface area contributed by atoms with E-state index in [2.05, 4.69) is 15.0 Å². The Morgan fingerprint density at radius 3 is 2.12 bits per heavy atom. The number of nitrogens with two attached hydrogens (primary N) is 1. The zero-order valence-electron chi connectivity index (χ0n) is 13.2. The van der Waals surface area contributed by atoms with E-state index in [4.69, 9.17) is 5.14 Å². The third-order valence-corrected chi connectivity index (χ3v) is 3.57. The maximum Gasteiger partial charge on any atom is 0.380 e. The second-order valence-electron chi connectivity index (χ2n) is 4.88. The van der Waals surface area contributed by atoms with Crippen molar-refractivity contribution in [1.29, 1.82) is 5.26 Å². The highest BCUT2D eigenvalue weighted by molar-refractivity contribution is 7.84. The molecule has 25 heavy (non-hydrogen) atoms. The molecule has 7 nitrogen and oxygen atoms in total. The molecule has 2 aromatic rings. The van der Waals surface area contributed by atoms with Gasteiger partial charge in [-0.3, -0.25) is 0 Å². The van der Waals surface area contributed by atoms with E-state index in [1.165, 1.54) is 19.2 Å². The first-order valence-electron chi connectivity index (χ1n) is 6.95. The minimum absolute atomic E-state index is 0.0472. The summed E-state index contributed by atoms with van der Waals surface area (Å²) >= 11 is 0. The monoisotopic (exact) mass is 358 g/mol. The third kappa shape index (κ3) is 5.17. The number of nitrogens with zero attached hydrogens (tertiary/aromatic N) is 1. The molecule has 0 spiro atoms. The minimum Gasteiger partial charge on any atom is -0.465 e. The van der Waals surface area contributed by atoms with Crippen molar-refractivity contribution in [3.05, 3.63) is 65.2 Å². The van der Waals surface area contributed by atoms with Crippen LogP contribution in [0.1, 0.15) is 21.5 Å². The molecule has 2 rings (SSSR count). The van der Waals surface area contributed by atoms with E-state index in [9.17, 15) is 18.5 Å². The number of benzene rings is 2. The van der Waals surface area contributed by atoms with Crippen molar-refractivity contribution in [3.8, 4) is 11.8 Å². The smallest absolute Gasteiger partial charge is 0.380 e. The Labute approximate surface area is 145 Å². The van der Waals surface area contributed by atoms with Gasteiger partial charge >= 0.3 is 16.3 Å². The van der Waals surface area contributed by atoms with Crippen LogP contribution in [0.15, 0.2) is 48.5 Å². The lowest BCUT2D eigenvalue weighted by Crippen LogP contribution is -2.18. The average molecular weight is 358 g/mol. The van der Waals surface area contributed by atoms with Crippen LogP contribution in [-0.4, -0.2) is 21.5 Å². The van der Waals surface area contributed by atoms with Crippen molar-refractivity contribution in [2.45, 2.75) is 0 Å².